The highest BCUT2D eigenvalue weighted by atomic mass is 35.5. The number of carbonyl (C=O) groups excluding carboxylic acids is 1. The standard InChI is InChI=1S/C15H18ClN5O3S2/c16-12-3-1-2-4-14(12)26(23,24)17-5-6-21-11-13(18-19-21)15(22)20-7-9-25-10-8-20/h1-4,11,17H,5-10H2. The molecule has 2 aromatic rings. The summed E-state index contributed by atoms with van der Waals surface area (Å²) in [4.78, 5) is 14.1. The summed E-state index contributed by atoms with van der Waals surface area (Å²) in [7, 11) is -3.71. The normalized spacial score (nSPS) is 15.2. The second-order valence-corrected chi connectivity index (χ2v) is 8.97. The van der Waals surface area contributed by atoms with E-state index in [1.54, 1.807) is 17.0 Å². The lowest BCUT2D eigenvalue weighted by Crippen LogP contribution is -2.38. The predicted octanol–water partition coefficient (Wildman–Crippen LogP) is 1.10. The molecule has 0 bridgehead atoms. The van der Waals surface area contributed by atoms with Crippen LogP contribution in [-0.2, 0) is 16.6 Å². The largest absolute Gasteiger partial charge is 0.336 e. The van der Waals surface area contributed by atoms with E-state index < -0.39 is 10.0 Å². The first kappa shape index (κ1) is 19.2. The summed E-state index contributed by atoms with van der Waals surface area (Å²) in [5.41, 5.74) is 0.269. The first-order valence-corrected chi connectivity index (χ1v) is 11.0. The van der Waals surface area contributed by atoms with Crippen molar-refractivity contribution >= 4 is 39.3 Å². The second-order valence-electron chi connectivity index (χ2n) is 5.60. The molecule has 0 atom stereocenters. The summed E-state index contributed by atoms with van der Waals surface area (Å²) in [5.74, 6) is 1.70. The van der Waals surface area contributed by atoms with Crippen molar-refractivity contribution < 1.29 is 13.2 Å². The Morgan fingerprint density at radius 3 is 2.73 bits per heavy atom. The van der Waals surface area contributed by atoms with E-state index in [2.05, 4.69) is 15.0 Å². The number of aromatic nitrogens is 3. The Hall–Kier alpha value is -1.62. The number of hydrogen-bond donors (Lipinski definition) is 1. The molecule has 1 aliphatic heterocycles. The lowest BCUT2D eigenvalue weighted by atomic mass is 10.3. The Morgan fingerprint density at radius 1 is 1.27 bits per heavy atom. The smallest absolute Gasteiger partial charge is 0.276 e. The summed E-state index contributed by atoms with van der Waals surface area (Å²) in [6, 6.07) is 6.23. The predicted molar refractivity (Wildman–Crippen MR) is 99.9 cm³/mol. The lowest BCUT2D eigenvalue weighted by Gasteiger charge is -2.25. The van der Waals surface area contributed by atoms with E-state index >= 15 is 0 Å². The van der Waals surface area contributed by atoms with E-state index in [4.69, 9.17) is 11.6 Å². The number of benzene rings is 1. The Morgan fingerprint density at radius 2 is 2.00 bits per heavy atom. The summed E-state index contributed by atoms with van der Waals surface area (Å²) < 4.78 is 28.4. The Kier molecular flexibility index (Phi) is 6.17. The van der Waals surface area contributed by atoms with Crippen molar-refractivity contribution in [1.82, 2.24) is 24.6 Å². The number of halogens is 1. The Bertz CT molecular complexity index is 881. The zero-order chi connectivity index (χ0) is 18.6. The highest BCUT2D eigenvalue weighted by molar-refractivity contribution is 7.99. The molecule has 1 fully saturated rings. The van der Waals surface area contributed by atoms with Crippen molar-refractivity contribution in [2.24, 2.45) is 0 Å². The number of nitrogens with zero attached hydrogens (tertiary/aromatic N) is 4. The molecule has 0 radical (unpaired) electrons. The fraction of sp³-hybridized carbons (Fsp3) is 0.400. The van der Waals surface area contributed by atoms with Crippen LogP contribution in [0.4, 0.5) is 0 Å². The van der Waals surface area contributed by atoms with Gasteiger partial charge in [-0.1, -0.05) is 28.9 Å². The number of amides is 1. The number of rotatable bonds is 6. The highest BCUT2D eigenvalue weighted by Gasteiger charge is 2.21. The van der Waals surface area contributed by atoms with Gasteiger partial charge in [0.25, 0.3) is 5.91 Å². The van der Waals surface area contributed by atoms with E-state index in [1.165, 1.54) is 23.0 Å². The molecule has 26 heavy (non-hydrogen) atoms. The third-order valence-corrected chi connectivity index (χ3v) is 6.72. The van der Waals surface area contributed by atoms with Gasteiger partial charge in [-0.2, -0.15) is 11.8 Å². The first-order chi connectivity index (χ1) is 12.5. The van der Waals surface area contributed by atoms with Gasteiger partial charge in [-0.3, -0.25) is 9.48 Å². The molecule has 11 heteroatoms. The minimum atomic E-state index is -3.71. The molecule has 1 aromatic heterocycles. The molecule has 8 nitrogen and oxygen atoms in total. The van der Waals surface area contributed by atoms with Crippen molar-refractivity contribution in [3.05, 3.63) is 41.2 Å². The van der Waals surface area contributed by atoms with Crippen molar-refractivity contribution in [1.29, 1.82) is 0 Å². The summed E-state index contributed by atoms with van der Waals surface area (Å²) >= 11 is 7.75. The average molecular weight is 416 g/mol. The Labute approximate surface area is 160 Å². The second kappa shape index (κ2) is 8.38. The van der Waals surface area contributed by atoms with Gasteiger partial charge in [-0.05, 0) is 12.1 Å². The van der Waals surface area contributed by atoms with Crippen LogP contribution in [0.5, 0.6) is 0 Å². The lowest BCUT2D eigenvalue weighted by molar-refractivity contribution is 0.0766. The van der Waals surface area contributed by atoms with Crippen LogP contribution in [0.15, 0.2) is 35.4 Å². The Balaban J connectivity index is 1.57. The van der Waals surface area contributed by atoms with Gasteiger partial charge in [0.15, 0.2) is 5.69 Å². The van der Waals surface area contributed by atoms with Gasteiger partial charge in [-0.25, -0.2) is 13.1 Å². The van der Waals surface area contributed by atoms with Gasteiger partial charge in [0.2, 0.25) is 10.0 Å². The van der Waals surface area contributed by atoms with Gasteiger partial charge in [0, 0.05) is 31.1 Å². The molecule has 1 N–H and O–H groups in total. The van der Waals surface area contributed by atoms with Gasteiger partial charge >= 0.3 is 0 Å². The molecule has 3 rings (SSSR count). The van der Waals surface area contributed by atoms with Gasteiger partial charge in [-0.15, -0.1) is 5.10 Å². The van der Waals surface area contributed by atoms with E-state index in [-0.39, 0.29) is 34.6 Å². The van der Waals surface area contributed by atoms with Crippen LogP contribution in [0.3, 0.4) is 0 Å². The molecule has 0 aliphatic carbocycles. The summed E-state index contributed by atoms with van der Waals surface area (Å²) in [5, 5.41) is 7.95. The zero-order valence-electron chi connectivity index (χ0n) is 13.8. The molecule has 140 valence electrons. The monoisotopic (exact) mass is 415 g/mol. The van der Waals surface area contributed by atoms with Crippen molar-refractivity contribution in [2.75, 3.05) is 31.1 Å². The quantitative estimate of drug-likeness (QED) is 0.758. The molecule has 1 aliphatic rings. The van der Waals surface area contributed by atoms with E-state index in [0.29, 0.717) is 13.1 Å². The molecule has 2 heterocycles. The highest BCUT2D eigenvalue weighted by Crippen LogP contribution is 2.19. The summed E-state index contributed by atoms with van der Waals surface area (Å²) in [6.07, 6.45) is 1.54. The third kappa shape index (κ3) is 4.56. The molecule has 0 unspecified atom stereocenters. The molecule has 1 amide bonds. The average Bonchev–Trinajstić information content (AvgIpc) is 3.11. The molecule has 0 saturated carbocycles. The van der Waals surface area contributed by atoms with Gasteiger partial charge in [0.05, 0.1) is 17.8 Å². The van der Waals surface area contributed by atoms with E-state index in [9.17, 15) is 13.2 Å². The number of hydrogen-bond acceptors (Lipinski definition) is 6. The topological polar surface area (TPSA) is 97.2 Å². The zero-order valence-corrected chi connectivity index (χ0v) is 16.2. The maximum atomic E-state index is 12.3. The van der Waals surface area contributed by atoms with Crippen molar-refractivity contribution in [3.8, 4) is 0 Å². The fourth-order valence-corrected chi connectivity index (χ4v) is 4.91. The van der Waals surface area contributed by atoms with Crippen LogP contribution in [0.25, 0.3) is 0 Å². The minimum absolute atomic E-state index is 0.0269. The first-order valence-electron chi connectivity index (χ1n) is 7.99. The number of thioether (sulfide) groups is 1. The summed E-state index contributed by atoms with van der Waals surface area (Å²) in [6.45, 7) is 1.76. The number of sulfonamides is 1. The molecule has 1 saturated heterocycles. The molecular weight excluding hydrogens is 398 g/mol. The maximum absolute atomic E-state index is 12.3. The molecule has 0 spiro atoms. The van der Waals surface area contributed by atoms with E-state index in [1.807, 2.05) is 11.8 Å². The van der Waals surface area contributed by atoms with Gasteiger partial charge < -0.3 is 4.90 Å². The van der Waals surface area contributed by atoms with Crippen LogP contribution >= 0.6 is 23.4 Å². The van der Waals surface area contributed by atoms with Crippen LogP contribution in [0.1, 0.15) is 10.5 Å². The van der Waals surface area contributed by atoms with Crippen molar-refractivity contribution in [3.63, 3.8) is 0 Å². The van der Waals surface area contributed by atoms with Crippen LogP contribution in [-0.4, -0.2) is 65.4 Å². The van der Waals surface area contributed by atoms with E-state index in [0.717, 1.165) is 11.5 Å². The van der Waals surface area contributed by atoms with Crippen molar-refractivity contribution in [2.45, 2.75) is 11.4 Å². The maximum Gasteiger partial charge on any atom is 0.276 e. The fourth-order valence-electron chi connectivity index (χ4n) is 2.47. The number of nitrogens with one attached hydrogen (secondary N) is 1. The molecular formula is C15H18ClN5O3S2. The third-order valence-electron chi connectivity index (χ3n) is 3.82. The van der Waals surface area contributed by atoms with Crippen LogP contribution in [0, 0.1) is 0 Å². The van der Waals surface area contributed by atoms with Gasteiger partial charge in [0.1, 0.15) is 4.90 Å². The SMILES string of the molecule is O=C(c1cn(CCNS(=O)(=O)c2ccccc2Cl)nn1)N1CCSCC1. The number of carbonyl (C=O) groups is 1. The molecule has 1 aromatic carbocycles. The van der Waals surface area contributed by atoms with Crippen LogP contribution in [0.2, 0.25) is 5.02 Å². The minimum Gasteiger partial charge on any atom is -0.336 e. The van der Waals surface area contributed by atoms with Crippen LogP contribution < -0.4 is 4.72 Å².